The third-order valence-electron chi connectivity index (χ3n) is 9.35. The summed E-state index contributed by atoms with van der Waals surface area (Å²) in [7, 11) is 6.59. The van der Waals surface area contributed by atoms with Crippen LogP contribution in [0.3, 0.4) is 0 Å². The Morgan fingerprint density at radius 1 is 1.04 bits per heavy atom. The van der Waals surface area contributed by atoms with Gasteiger partial charge in [-0.15, -0.1) is 0 Å². The van der Waals surface area contributed by atoms with Crippen LogP contribution in [0.25, 0.3) is 55.4 Å². The maximum atomic E-state index is 14.0. The number of ether oxygens (including phenoxy) is 1. The number of amides is 2. The second kappa shape index (κ2) is 11.4. The molecule has 0 bridgehead atoms. The zero-order valence-corrected chi connectivity index (χ0v) is 27.4. The van der Waals surface area contributed by atoms with Crippen LogP contribution in [0.5, 0.6) is 0 Å². The number of aryl methyl sites for hydroxylation is 1. The summed E-state index contributed by atoms with van der Waals surface area (Å²) in [6.07, 6.45) is 5.22. The van der Waals surface area contributed by atoms with Gasteiger partial charge >= 0.3 is 11.8 Å². The van der Waals surface area contributed by atoms with E-state index in [9.17, 15) is 14.4 Å². The molecule has 12 heteroatoms. The van der Waals surface area contributed by atoms with Gasteiger partial charge in [0.05, 0.1) is 47.1 Å². The highest BCUT2D eigenvalue weighted by Gasteiger charge is 2.32. The van der Waals surface area contributed by atoms with Crippen molar-refractivity contribution in [2.75, 3.05) is 21.2 Å². The maximum absolute atomic E-state index is 14.0. The normalized spacial score (nSPS) is 16.5. The average Bonchev–Trinajstić information content (AvgIpc) is 3.84. The largest absolute Gasteiger partial charge is 0.453 e. The SMILES string of the molecule is COC(=O)N[C@@H]1CC[C@@H](n2c(=O)n(C)c3cnc4[nH]c(-c5ccc(C(=O)N(C)C)cc5)c(-c5ccc6c(cnn6C(C)C)c5)c4c32)C1. The zero-order chi connectivity index (χ0) is 33.1. The Hall–Kier alpha value is -5.39. The summed E-state index contributed by atoms with van der Waals surface area (Å²) in [5, 5.41) is 9.39. The van der Waals surface area contributed by atoms with Crippen molar-refractivity contribution in [3.63, 3.8) is 0 Å². The number of carbonyl (C=O) groups excluding carboxylic acids is 2. The van der Waals surface area contributed by atoms with Crippen LogP contribution in [0.2, 0.25) is 0 Å². The average molecular weight is 635 g/mol. The minimum atomic E-state index is -0.473. The van der Waals surface area contributed by atoms with Crippen LogP contribution in [-0.2, 0) is 11.8 Å². The molecule has 0 radical (unpaired) electrons. The topological polar surface area (TPSA) is 132 Å². The lowest BCUT2D eigenvalue weighted by molar-refractivity contribution is 0.0827. The lowest BCUT2D eigenvalue weighted by Gasteiger charge is -2.15. The summed E-state index contributed by atoms with van der Waals surface area (Å²) in [5.41, 5.74) is 7.23. The summed E-state index contributed by atoms with van der Waals surface area (Å²) in [5.74, 6) is -0.0747. The lowest BCUT2D eigenvalue weighted by Crippen LogP contribution is -2.33. The number of alkyl carbamates (subject to hydrolysis) is 1. The predicted molar refractivity (Wildman–Crippen MR) is 182 cm³/mol. The Morgan fingerprint density at radius 2 is 1.79 bits per heavy atom. The van der Waals surface area contributed by atoms with Crippen molar-refractivity contribution in [3.05, 3.63) is 70.9 Å². The van der Waals surface area contributed by atoms with Gasteiger partial charge in [-0.3, -0.25) is 18.6 Å². The van der Waals surface area contributed by atoms with Gasteiger partial charge in [0.25, 0.3) is 5.91 Å². The number of carbonyl (C=O) groups is 2. The minimum absolute atomic E-state index is 0.0747. The molecule has 242 valence electrons. The van der Waals surface area contributed by atoms with E-state index in [0.29, 0.717) is 17.6 Å². The van der Waals surface area contributed by atoms with Crippen molar-refractivity contribution in [1.29, 1.82) is 0 Å². The van der Waals surface area contributed by atoms with Gasteiger partial charge < -0.3 is 19.9 Å². The molecule has 1 aliphatic carbocycles. The number of hydrogen-bond acceptors (Lipinski definition) is 6. The number of aromatic amines is 1. The maximum Gasteiger partial charge on any atom is 0.407 e. The zero-order valence-electron chi connectivity index (χ0n) is 27.4. The van der Waals surface area contributed by atoms with Crippen LogP contribution >= 0.6 is 0 Å². The highest BCUT2D eigenvalue weighted by molar-refractivity contribution is 6.15. The number of nitrogens with zero attached hydrogens (tertiary/aromatic N) is 6. The number of aromatic nitrogens is 6. The van der Waals surface area contributed by atoms with Crippen LogP contribution < -0.4 is 11.0 Å². The Kier molecular flexibility index (Phi) is 7.37. The molecule has 47 heavy (non-hydrogen) atoms. The van der Waals surface area contributed by atoms with Crippen molar-refractivity contribution in [2.45, 2.75) is 51.2 Å². The molecule has 7 rings (SSSR count). The summed E-state index contributed by atoms with van der Waals surface area (Å²) in [6.45, 7) is 4.21. The van der Waals surface area contributed by atoms with Gasteiger partial charge in [-0.1, -0.05) is 18.2 Å². The predicted octanol–water partition coefficient (Wildman–Crippen LogP) is 5.63. The van der Waals surface area contributed by atoms with Crippen LogP contribution in [0.1, 0.15) is 55.6 Å². The number of H-pyrrole nitrogens is 1. The molecule has 2 amide bonds. The van der Waals surface area contributed by atoms with Gasteiger partial charge in [-0.2, -0.15) is 5.10 Å². The van der Waals surface area contributed by atoms with Gasteiger partial charge in [-0.25, -0.2) is 14.6 Å². The van der Waals surface area contributed by atoms with Crippen LogP contribution in [0.15, 0.2) is 59.7 Å². The summed E-state index contributed by atoms with van der Waals surface area (Å²) in [4.78, 5) is 48.6. The summed E-state index contributed by atoms with van der Waals surface area (Å²) < 4.78 is 10.4. The first kappa shape index (κ1) is 30.3. The van der Waals surface area contributed by atoms with E-state index in [0.717, 1.165) is 62.5 Å². The van der Waals surface area contributed by atoms with Crippen molar-refractivity contribution in [1.82, 2.24) is 39.1 Å². The molecular formula is C35H38N8O4. The van der Waals surface area contributed by atoms with Gasteiger partial charge in [-0.05, 0) is 68.5 Å². The molecule has 0 unspecified atom stereocenters. The van der Waals surface area contributed by atoms with Crippen molar-refractivity contribution < 1.29 is 14.3 Å². The first-order valence-corrected chi connectivity index (χ1v) is 15.8. The van der Waals surface area contributed by atoms with Crippen LogP contribution in [0, 0.1) is 0 Å². The first-order chi connectivity index (χ1) is 22.6. The molecule has 1 saturated carbocycles. The Bertz CT molecular complexity index is 2240. The van der Waals surface area contributed by atoms with E-state index < -0.39 is 6.09 Å². The molecule has 2 aromatic carbocycles. The van der Waals surface area contributed by atoms with E-state index in [1.165, 1.54) is 7.11 Å². The van der Waals surface area contributed by atoms with E-state index in [1.54, 1.807) is 36.8 Å². The first-order valence-electron chi connectivity index (χ1n) is 15.8. The number of nitrogens with one attached hydrogen (secondary N) is 2. The minimum Gasteiger partial charge on any atom is -0.453 e. The Balaban J connectivity index is 1.48. The highest BCUT2D eigenvalue weighted by atomic mass is 16.5. The number of rotatable bonds is 6. The fraction of sp³-hybridized carbons (Fsp3) is 0.343. The Labute approximate surface area is 270 Å². The number of methoxy groups -OCH3 is 1. The fourth-order valence-corrected chi connectivity index (χ4v) is 7.03. The molecule has 1 aliphatic rings. The molecule has 4 aromatic heterocycles. The molecule has 2 atom stereocenters. The standard InChI is InChI=1S/C35H38N8O4/c1-19(2)43-26-14-11-22(15-23(26)17-37-43)28-29-31-27(41(5)35(46)42(31)25-13-12-24(16-25)38-34(45)47-6)18-36-32(29)39-30(28)20-7-9-21(10-8-20)33(44)40(3)4/h7-11,14-15,17-19,24-25H,12-13,16H2,1-6H3,(H,36,39)(H,38,45)/t24-,25-/m1/s1. The quantitative estimate of drug-likeness (QED) is 0.244. The van der Waals surface area contributed by atoms with Gasteiger partial charge in [0, 0.05) is 55.8 Å². The molecule has 6 aromatic rings. The number of fused-ring (bicyclic) bond motifs is 4. The Morgan fingerprint density at radius 3 is 2.49 bits per heavy atom. The molecule has 1 fully saturated rings. The summed E-state index contributed by atoms with van der Waals surface area (Å²) >= 11 is 0. The highest BCUT2D eigenvalue weighted by Crippen LogP contribution is 2.43. The van der Waals surface area contributed by atoms with Crippen LogP contribution in [0.4, 0.5) is 4.79 Å². The van der Waals surface area contributed by atoms with Gasteiger partial charge in [0.1, 0.15) is 5.65 Å². The van der Waals surface area contributed by atoms with E-state index in [2.05, 4.69) is 47.4 Å². The van der Waals surface area contributed by atoms with E-state index in [-0.39, 0.29) is 29.7 Å². The van der Waals surface area contributed by atoms with E-state index >= 15 is 0 Å². The molecule has 0 aliphatic heterocycles. The third kappa shape index (κ3) is 4.95. The number of benzene rings is 2. The van der Waals surface area contributed by atoms with Crippen molar-refractivity contribution in [2.24, 2.45) is 7.05 Å². The third-order valence-corrected chi connectivity index (χ3v) is 9.35. The monoisotopic (exact) mass is 634 g/mol. The summed E-state index contributed by atoms with van der Waals surface area (Å²) in [6, 6.07) is 13.8. The van der Waals surface area contributed by atoms with Crippen molar-refractivity contribution in [3.8, 4) is 22.4 Å². The molecular weight excluding hydrogens is 596 g/mol. The lowest BCUT2D eigenvalue weighted by atomic mass is 9.96. The number of hydrogen-bond donors (Lipinski definition) is 2. The fourth-order valence-electron chi connectivity index (χ4n) is 7.03. The molecule has 12 nitrogen and oxygen atoms in total. The smallest absolute Gasteiger partial charge is 0.407 e. The van der Waals surface area contributed by atoms with E-state index in [4.69, 9.17) is 9.72 Å². The van der Waals surface area contributed by atoms with Gasteiger partial charge in [0.15, 0.2) is 0 Å². The molecule has 2 N–H and O–H groups in total. The van der Waals surface area contributed by atoms with Gasteiger partial charge in [0.2, 0.25) is 0 Å². The second-order valence-corrected chi connectivity index (χ2v) is 12.8. The van der Waals surface area contributed by atoms with Crippen LogP contribution in [-0.4, -0.2) is 73.0 Å². The number of imidazole rings is 1. The number of pyridine rings is 1. The molecule has 0 saturated heterocycles. The molecule has 4 heterocycles. The second-order valence-electron chi connectivity index (χ2n) is 12.8. The van der Waals surface area contributed by atoms with E-state index in [1.807, 2.05) is 39.7 Å². The molecule has 0 spiro atoms. The van der Waals surface area contributed by atoms with Crippen molar-refractivity contribution >= 4 is 45.0 Å².